The molecule has 2 aliphatic heterocycles. The Morgan fingerprint density at radius 1 is 0.650 bits per heavy atom. The van der Waals surface area contributed by atoms with Crippen LogP contribution in [-0.4, -0.2) is 28.6 Å². The number of esters is 2. The number of hydrogen-bond donors (Lipinski definition) is 0. The van der Waals surface area contributed by atoms with Crippen LogP contribution in [0, 0.1) is 11.8 Å². The summed E-state index contributed by atoms with van der Waals surface area (Å²) < 4.78 is 24.8. The van der Waals surface area contributed by atoms with Gasteiger partial charge in [-0.15, -0.1) is 0 Å². The molecule has 1 aliphatic carbocycles. The zero-order valence-electron chi connectivity index (χ0n) is 26.1. The Kier molecular flexibility index (Phi) is 6.13. The molecule has 6 nitrogen and oxygen atoms in total. The van der Waals surface area contributed by atoms with Crippen molar-refractivity contribution >= 4 is 28.6 Å². The van der Waals surface area contributed by atoms with Gasteiger partial charge in [-0.3, -0.25) is 9.59 Å². The van der Waals surface area contributed by atoms with E-state index in [9.17, 15) is 9.59 Å². The Bertz CT molecular complexity index is 1310. The minimum Gasteiger partial charge on any atom is -0.543 e. The summed E-state index contributed by atoms with van der Waals surface area (Å²) >= 11 is 0. The average Bonchev–Trinajstić information content (AvgIpc) is 2.78. The molecule has 2 aromatic rings. The van der Waals surface area contributed by atoms with Crippen molar-refractivity contribution in [2.24, 2.45) is 11.8 Å². The van der Waals surface area contributed by atoms with Crippen molar-refractivity contribution in [3.63, 3.8) is 0 Å². The lowest BCUT2D eigenvalue weighted by molar-refractivity contribution is -0.186. The van der Waals surface area contributed by atoms with E-state index in [1.165, 1.54) is 0 Å². The Morgan fingerprint density at radius 2 is 0.975 bits per heavy atom. The summed E-state index contributed by atoms with van der Waals surface area (Å²) in [4.78, 5) is 26.9. The Morgan fingerprint density at radius 3 is 1.27 bits per heavy atom. The van der Waals surface area contributed by atoms with Crippen LogP contribution in [0.1, 0.15) is 66.5 Å². The van der Waals surface area contributed by atoms with E-state index < -0.39 is 39.3 Å². The molecule has 8 heteroatoms. The monoisotopic (exact) mass is 580 g/mol. The molecule has 4 unspecified atom stereocenters. The molecule has 2 aromatic carbocycles. The zero-order chi connectivity index (χ0) is 29.8. The lowest BCUT2D eigenvalue weighted by Crippen LogP contribution is -2.75. The predicted octanol–water partition coefficient (Wildman–Crippen LogP) is 7.75. The number of rotatable bonds is 4. The third-order valence-electron chi connectivity index (χ3n) is 11.0. The summed E-state index contributed by atoms with van der Waals surface area (Å²) in [6.07, 6.45) is 0. The lowest BCUT2D eigenvalue weighted by atomic mass is 9.34. The van der Waals surface area contributed by atoms with Gasteiger partial charge in [0.1, 0.15) is 23.0 Å². The molecule has 40 heavy (non-hydrogen) atoms. The van der Waals surface area contributed by atoms with Gasteiger partial charge in [-0.25, -0.2) is 0 Å². The van der Waals surface area contributed by atoms with Crippen LogP contribution in [0.15, 0.2) is 36.4 Å². The normalized spacial score (nSPS) is 27.7. The summed E-state index contributed by atoms with van der Waals surface area (Å²) in [6.45, 7) is 26.1. The van der Waals surface area contributed by atoms with Crippen molar-refractivity contribution in [2.75, 3.05) is 0 Å². The van der Waals surface area contributed by atoms with E-state index in [2.05, 4.69) is 81.6 Å². The minimum absolute atomic E-state index is 0.0324. The number of benzene rings is 2. The van der Waals surface area contributed by atoms with Crippen LogP contribution >= 0.6 is 0 Å². The molecule has 0 N–H and O–H groups in total. The SMILES string of the molecule is CC12c3ccc(O[Si](C)(C)C(C)(C)C)cc3OC(=O)C1C1C(=O)Oc3cc(O[Si](C)(C)C(C)(C)C)ccc3C12C. The average molecular weight is 581 g/mol. The molecule has 3 aliphatic rings. The van der Waals surface area contributed by atoms with E-state index in [4.69, 9.17) is 18.3 Å². The molecule has 0 saturated heterocycles. The summed E-state index contributed by atoms with van der Waals surface area (Å²) in [7, 11) is -4.18. The van der Waals surface area contributed by atoms with E-state index in [-0.39, 0.29) is 22.0 Å². The molecule has 4 atom stereocenters. The maximum absolute atomic E-state index is 13.5. The molecule has 0 aromatic heterocycles. The van der Waals surface area contributed by atoms with Gasteiger partial charge in [0.25, 0.3) is 0 Å². The molecule has 1 saturated carbocycles. The topological polar surface area (TPSA) is 71.1 Å². The fourth-order valence-electron chi connectivity index (χ4n) is 6.25. The molecule has 216 valence electrons. The van der Waals surface area contributed by atoms with Gasteiger partial charge in [-0.1, -0.05) is 67.5 Å². The highest BCUT2D eigenvalue weighted by Gasteiger charge is 2.77. The van der Waals surface area contributed by atoms with E-state index in [1.807, 2.05) is 36.4 Å². The third-order valence-corrected chi connectivity index (χ3v) is 19.7. The fraction of sp³-hybridized carbons (Fsp3) is 0.562. The maximum atomic E-state index is 13.5. The van der Waals surface area contributed by atoms with Crippen molar-refractivity contribution in [1.29, 1.82) is 0 Å². The lowest BCUT2D eigenvalue weighted by Gasteiger charge is -2.67. The molecular weight excluding hydrogens is 537 g/mol. The first-order chi connectivity index (χ1) is 18.1. The highest BCUT2D eigenvalue weighted by Crippen LogP contribution is 2.71. The van der Waals surface area contributed by atoms with Crippen LogP contribution in [0.3, 0.4) is 0 Å². The molecule has 5 rings (SSSR count). The van der Waals surface area contributed by atoms with Gasteiger partial charge in [-0.05, 0) is 48.4 Å². The summed E-state index contributed by atoms with van der Waals surface area (Å²) in [5.41, 5.74) is 0.517. The first-order valence-electron chi connectivity index (χ1n) is 14.3. The molecule has 1 fully saturated rings. The van der Waals surface area contributed by atoms with Gasteiger partial charge in [0.05, 0.1) is 11.8 Å². The smallest absolute Gasteiger partial charge is 0.316 e. The minimum atomic E-state index is -2.09. The van der Waals surface area contributed by atoms with Crippen LogP contribution in [0.2, 0.25) is 36.3 Å². The van der Waals surface area contributed by atoms with Gasteiger partial charge >= 0.3 is 11.9 Å². The second-order valence-electron chi connectivity index (χ2n) is 15.2. The second kappa shape index (κ2) is 8.47. The number of fused-ring (bicyclic) bond motifs is 8. The van der Waals surface area contributed by atoms with Crippen molar-refractivity contribution in [2.45, 2.75) is 102 Å². The fourth-order valence-corrected chi connectivity index (χ4v) is 8.30. The zero-order valence-corrected chi connectivity index (χ0v) is 28.1. The Hall–Kier alpha value is -2.59. The summed E-state index contributed by atoms with van der Waals surface area (Å²) in [5.74, 6) is 0.410. The summed E-state index contributed by atoms with van der Waals surface area (Å²) in [6, 6.07) is 11.7. The van der Waals surface area contributed by atoms with Crippen LogP contribution in [0.4, 0.5) is 0 Å². The van der Waals surface area contributed by atoms with Crippen molar-refractivity contribution < 1.29 is 27.9 Å². The van der Waals surface area contributed by atoms with Crippen LogP contribution in [-0.2, 0) is 20.4 Å². The van der Waals surface area contributed by atoms with Crippen LogP contribution in [0.5, 0.6) is 23.0 Å². The van der Waals surface area contributed by atoms with Gasteiger partial charge < -0.3 is 18.3 Å². The maximum Gasteiger partial charge on any atom is 0.316 e. The largest absolute Gasteiger partial charge is 0.543 e. The quantitative estimate of drug-likeness (QED) is 0.209. The number of ether oxygens (including phenoxy) is 2. The van der Waals surface area contributed by atoms with Gasteiger partial charge in [0.2, 0.25) is 16.6 Å². The van der Waals surface area contributed by atoms with Gasteiger partial charge in [0.15, 0.2) is 0 Å². The first-order valence-corrected chi connectivity index (χ1v) is 20.1. The number of hydrogen-bond acceptors (Lipinski definition) is 6. The molecule has 2 heterocycles. The van der Waals surface area contributed by atoms with E-state index in [0.29, 0.717) is 23.0 Å². The first kappa shape index (κ1) is 28.9. The van der Waals surface area contributed by atoms with Crippen LogP contribution in [0.25, 0.3) is 0 Å². The van der Waals surface area contributed by atoms with Crippen molar-refractivity contribution in [3.8, 4) is 23.0 Å². The molecule has 0 bridgehead atoms. The van der Waals surface area contributed by atoms with E-state index in [0.717, 1.165) is 11.1 Å². The Balaban J connectivity index is 1.57. The van der Waals surface area contributed by atoms with Gasteiger partial charge in [0, 0.05) is 34.1 Å². The van der Waals surface area contributed by atoms with Gasteiger partial charge in [-0.2, -0.15) is 0 Å². The Labute approximate surface area is 241 Å². The molecular formula is C32H44O6Si2. The predicted molar refractivity (Wildman–Crippen MR) is 161 cm³/mol. The third kappa shape index (κ3) is 3.85. The molecule has 0 spiro atoms. The standard InChI is InChI=1S/C32H44O6Si2/c1-29(2,3)39(9,10)37-19-13-15-21-23(17-19)35-27(33)25-26-28(34)36-24-18-20(38-40(11,12)30(4,5)6)14-16-22(24)32(26,8)31(21,25)7/h13-18,25-26H,1-12H3. The highest BCUT2D eigenvalue weighted by molar-refractivity contribution is 6.75. The second-order valence-corrected chi connectivity index (χ2v) is 24.7. The summed E-state index contributed by atoms with van der Waals surface area (Å²) in [5, 5.41) is 0.0648. The highest BCUT2D eigenvalue weighted by atomic mass is 28.4. The molecule has 0 radical (unpaired) electrons. The van der Waals surface area contributed by atoms with E-state index in [1.54, 1.807) is 0 Å². The van der Waals surface area contributed by atoms with Crippen molar-refractivity contribution in [3.05, 3.63) is 47.5 Å². The number of carbonyl (C=O) groups excluding carboxylic acids is 2. The van der Waals surface area contributed by atoms with Crippen LogP contribution < -0.4 is 18.3 Å². The van der Waals surface area contributed by atoms with E-state index >= 15 is 0 Å². The molecule has 0 amide bonds. The number of carbonyl (C=O) groups is 2. The van der Waals surface area contributed by atoms with Crippen molar-refractivity contribution in [1.82, 2.24) is 0 Å².